The average Bonchev–Trinajstić information content (AvgIpc) is 2.55. The molecule has 0 saturated carbocycles. The minimum atomic E-state index is -0.500. The van der Waals surface area contributed by atoms with Gasteiger partial charge in [-0.1, -0.05) is 0 Å². The first-order valence-corrected chi connectivity index (χ1v) is 6.07. The van der Waals surface area contributed by atoms with E-state index in [1.54, 1.807) is 0 Å². The van der Waals surface area contributed by atoms with Gasteiger partial charge in [0.15, 0.2) is 0 Å². The Bertz CT molecular complexity index is 353. The third-order valence-electron chi connectivity index (χ3n) is 3.29. The largest absolute Gasteiger partial charge is 0.315 e. The van der Waals surface area contributed by atoms with Crippen LogP contribution >= 0.6 is 0 Å². The van der Waals surface area contributed by atoms with Gasteiger partial charge in [0.1, 0.15) is 11.6 Å². The number of halogens is 2. The molecule has 17 heavy (non-hydrogen) atoms. The van der Waals surface area contributed by atoms with Crippen LogP contribution in [0.5, 0.6) is 0 Å². The van der Waals surface area contributed by atoms with Crippen molar-refractivity contribution in [3.05, 3.63) is 35.4 Å². The summed E-state index contributed by atoms with van der Waals surface area (Å²) in [6.07, 6.45) is 1.07. The minimum Gasteiger partial charge on any atom is -0.315 e. The van der Waals surface area contributed by atoms with Gasteiger partial charge < -0.3 is 5.32 Å². The lowest BCUT2D eigenvalue weighted by atomic mass is 10.1. The first-order valence-electron chi connectivity index (χ1n) is 6.07. The molecule has 0 bridgehead atoms. The van der Waals surface area contributed by atoms with E-state index >= 15 is 0 Å². The Morgan fingerprint density at radius 3 is 2.53 bits per heavy atom. The Balaban J connectivity index is 2.14. The Hall–Kier alpha value is -1.00. The summed E-state index contributed by atoms with van der Waals surface area (Å²) in [5.74, 6) is -1.00. The van der Waals surface area contributed by atoms with E-state index in [2.05, 4.69) is 10.2 Å². The molecule has 94 valence electrons. The zero-order valence-corrected chi connectivity index (χ0v) is 10.0. The summed E-state index contributed by atoms with van der Waals surface area (Å²) in [4.78, 5) is 2.26. The first kappa shape index (κ1) is 12.5. The highest BCUT2D eigenvalue weighted by molar-refractivity contribution is 5.21. The van der Waals surface area contributed by atoms with Gasteiger partial charge in [0.05, 0.1) is 0 Å². The summed E-state index contributed by atoms with van der Waals surface area (Å²) in [5.41, 5.74) is 0.712. The second-order valence-electron chi connectivity index (χ2n) is 4.52. The van der Waals surface area contributed by atoms with Crippen molar-refractivity contribution < 1.29 is 8.78 Å². The van der Waals surface area contributed by atoms with E-state index in [0.717, 1.165) is 38.7 Å². The third-order valence-corrected chi connectivity index (χ3v) is 3.29. The number of nitrogens with zero attached hydrogens (tertiary/aromatic N) is 1. The molecule has 2 nitrogen and oxygen atoms in total. The topological polar surface area (TPSA) is 15.3 Å². The zero-order valence-electron chi connectivity index (χ0n) is 10.0. The second kappa shape index (κ2) is 5.56. The number of hydrogen-bond acceptors (Lipinski definition) is 2. The lowest BCUT2D eigenvalue weighted by molar-refractivity contribution is 0.224. The van der Waals surface area contributed by atoms with Crippen molar-refractivity contribution in [2.24, 2.45) is 0 Å². The molecule has 1 N–H and O–H groups in total. The maximum absolute atomic E-state index is 13.2. The molecule has 2 rings (SSSR count). The van der Waals surface area contributed by atoms with Gasteiger partial charge in [-0.05, 0) is 44.1 Å². The van der Waals surface area contributed by atoms with E-state index in [-0.39, 0.29) is 6.04 Å². The number of benzene rings is 1. The molecule has 1 aliphatic heterocycles. The van der Waals surface area contributed by atoms with Crippen LogP contribution in [0.4, 0.5) is 8.78 Å². The molecule has 1 saturated heterocycles. The van der Waals surface area contributed by atoms with Crippen molar-refractivity contribution in [3.63, 3.8) is 0 Å². The normalized spacial score (nSPS) is 19.9. The highest BCUT2D eigenvalue weighted by Gasteiger charge is 2.18. The number of rotatable bonds is 2. The standard InChI is InChI=1S/C13H18F2N2/c1-10(17-5-2-3-16-4-6-17)11-7-12(14)9-13(15)8-11/h7-10,16H,2-6H2,1H3. The van der Waals surface area contributed by atoms with Crippen molar-refractivity contribution >= 4 is 0 Å². The minimum absolute atomic E-state index is 0.0556. The van der Waals surface area contributed by atoms with E-state index in [9.17, 15) is 8.78 Å². The Morgan fingerprint density at radius 1 is 1.12 bits per heavy atom. The van der Waals surface area contributed by atoms with E-state index in [4.69, 9.17) is 0 Å². The molecule has 1 heterocycles. The van der Waals surface area contributed by atoms with E-state index in [0.29, 0.717) is 5.56 Å². The van der Waals surface area contributed by atoms with Gasteiger partial charge in [-0.3, -0.25) is 4.90 Å². The summed E-state index contributed by atoms with van der Waals surface area (Å²) in [6.45, 7) is 5.83. The summed E-state index contributed by atoms with van der Waals surface area (Å²) in [6, 6.07) is 3.82. The highest BCUT2D eigenvalue weighted by atomic mass is 19.1. The van der Waals surface area contributed by atoms with Crippen LogP contribution in [0.25, 0.3) is 0 Å². The predicted octanol–water partition coefficient (Wildman–Crippen LogP) is 2.32. The Labute approximate surface area is 101 Å². The fourth-order valence-electron chi connectivity index (χ4n) is 2.28. The smallest absolute Gasteiger partial charge is 0.126 e. The van der Waals surface area contributed by atoms with Crippen LogP contribution in [0.1, 0.15) is 24.9 Å². The maximum atomic E-state index is 13.2. The molecule has 1 aliphatic rings. The number of hydrogen-bond donors (Lipinski definition) is 1. The fraction of sp³-hybridized carbons (Fsp3) is 0.538. The lowest BCUT2D eigenvalue weighted by Gasteiger charge is -2.27. The molecule has 0 spiro atoms. The summed E-state index contributed by atoms with van der Waals surface area (Å²) in [7, 11) is 0. The van der Waals surface area contributed by atoms with Crippen molar-refractivity contribution in [1.29, 1.82) is 0 Å². The van der Waals surface area contributed by atoms with Gasteiger partial charge in [0.25, 0.3) is 0 Å². The van der Waals surface area contributed by atoms with Gasteiger partial charge in [-0.2, -0.15) is 0 Å². The van der Waals surface area contributed by atoms with Crippen LogP contribution in [0.15, 0.2) is 18.2 Å². The third kappa shape index (κ3) is 3.23. The molecule has 0 radical (unpaired) electrons. The monoisotopic (exact) mass is 240 g/mol. The van der Waals surface area contributed by atoms with Crippen molar-refractivity contribution in [1.82, 2.24) is 10.2 Å². The summed E-state index contributed by atoms with van der Waals surface area (Å²) >= 11 is 0. The summed E-state index contributed by atoms with van der Waals surface area (Å²) in [5, 5.41) is 3.32. The molecule has 1 atom stereocenters. The molecule has 1 unspecified atom stereocenters. The average molecular weight is 240 g/mol. The van der Waals surface area contributed by atoms with Crippen LogP contribution in [0.3, 0.4) is 0 Å². The van der Waals surface area contributed by atoms with Gasteiger partial charge in [0, 0.05) is 25.2 Å². The lowest BCUT2D eigenvalue weighted by Crippen LogP contribution is -2.30. The van der Waals surface area contributed by atoms with E-state index in [1.165, 1.54) is 12.1 Å². The second-order valence-corrected chi connectivity index (χ2v) is 4.52. The Kier molecular flexibility index (Phi) is 4.07. The van der Waals surface area contributed by atoms with Gasteiger partial charge in [0.2, 0.25) is 0 Å². The molecule has 4 heteroatoms. The molecule has 1 aromatic carbocycles. The predicted molar refractivity (Wildman–Crippen MR) is 63.8 cm³/mol. The van der Waals surface area contributed by atoms with Crippen LogP contribution in [-0.4, -0.2) is 31.1 Å². The van der Waals surface area contributed by atoms with E-state index in [1.807, 2.05) is 6.92 Å². The highest BCUT2D eigenvalue weighted by Crippen LogP contribution is 2.22. The SMILES string of the molecule is CC(c1cc(F)cc(F)c1)N1CCCNCC1. The molecular formula is C13H18F2N2. The number of nitrogens with one attached hydrogen (secondary N) is 1. The zero-order chi connectivity index (χ0) is 12.3. The fourth-order valence-corrected chi connectivity index (χ4v) is 2.28. The van der Waals surface area contributed by atoms with Crippen molar-refractivity contribution in [2.45, 2.75) is 19.4 Å². The molecule has 1 aromatic rings. The molecule has 1 fully saturated rings. The Morgan fingerprint density at radius 2 is 1.82 bits per heavy atom. The van der Waals surface area contributed by atoms with Crippen LogP contribution in [-0.2, 0) is 0 Å². The van der Waals surface area contributed by atoms with Crippen LogP contribution in [0, 0.1) is 11.6 Å². The molecule has 0 aliphatic carbocycles. The van der Waals surface area contributed by atoms with Crippen molar-refractivity contribution in [2.75, 3.05) is 26.2 Å². The van der Waals surface area contributed by atoms with E-state index < -0.39 is 11.6 Å². The molecule has 0 amide bonds. The molecular weight excluding hydrogens is 222 g/mol. The first-order chi connectivity index (χ1) is 8.16. The van der Waals surface area contributed by atoms with Crippen LogP contribution in [0.2, 0.25) is 0 Å². The summed E-state index contributed by atoms with van der Waals surface area (Å²) < 4.78 is 26.3. The van der Waals surface area contributed by atoms with Crippen LogP contribution < -0.4 is 5.32 Å². The molecule has 0 aromatic heterocycles. The van der Waals surface area contributed by atoms with Gasteiger partial charge in [-0.25, -0.2) is 8.78 Å². The van der Waals surface area contributed by atoms with Gasteiger partial charge >= 0.3 is 0 Å². The maximum Gasteiger partial charge on any atom is 0.126 e. The van der Waals surface area contributed by atoms with Crippen molar-refractivity contribution in [3.8, 4) is 0 Å². The quantitative estimate of drug-likeness (QED) is 0.853. The van der Waals surface area contributed by atoms with Gasteiger partial charge in [-0.15, -0.1) is 0 Å².